The van der Waals surface area contributed by atoms with Crippen molar-refractivity contribution in [3.05, 3.63) is 23.9 Å². The molecule has 1 saturated carbocycles. The SMILES string of the molecule is CN=C(NCc1cccc(N(C)C)n1)NCC1(C(=O)N(C)C)CCCC1. The molecular weight excluding hydrogens is 328 g/mol. The standard InChI is InChI=1S/C19H32N6O/c1-20-18(21-13-15-9-8-10-16(23-15)24(2)3)22-14-19(11-6-7-12-19)17(26)25(4)5/h8-10H,6-7,11-14H2,1-5H3,(H2,20,21,22). The Morgan fingerprint density at radius 2 is 1.88 bits per heavy atom. The van der Waals surface area contributed by atoms with E-state index in [9.17, 15) is 4.79 Å². The highest BCUT2D eigenvalue weighted by Gasteiger charge is 2.42. The van der Waals surface area contributed by atoms with Gasteiger partial charge in [-0.2, -0.15) is 0 Å². The molecule has 26 heavy (non-hydrogen) atoms. The quantitative estimate of drug-likeness (QED) is 0.594. The lowest BCUT2D eigenvalue weighted by atomic mass is 9.84. The number of aromatic nitrogens is 1. The van der Waals surface area contributed by atoms with Crippen LogP contribution in [0.5, 0.6) is 0 Å². The molecule has 1 aliphatic rings. The van der Waals surface area contributed by atoms with E-state index in [4.69, 9.17) is 0 Å². The molecule has 0 atom stereocenters. The fraction of sp³-hybridized carbons (Fsp3) is 0.632. The summed E-state index contributed by atoms with van der Waals surface area (Å²) in [4.78, 5) is 25.2. The lowest BCUT2D eigenvalue weighted by Gasteiger charge is -2.31. The van der Waals surface area contributed by atoms with E-state index in [1.807, 2.05) is 51.3 Å². The molecule has 0 aliphatic heterocycles. The summed E-state index contributed by atoms with van der Waals surface area (Å²) in [5, 5.41) is 6.64. The summed E-state index contributed by atoms with van der Waals surface area (Å²) < 4.78 is 0. The van der Waals surface area contributed by atoms with Crippen molar-refractivity contribution in [3.63, 3.8) is 0 Å². The molecule has 2 rings (SSSR count). The molecule has 1 aliphatic carbocycles. The van der Waals surface area contributed by atoms with Gasteiger partial charge in [-0.3, -0.25) is 9.79 Å². The third kappa shape index (κ3) is 4.86. The number of aliphatic imine (C=N–C) groups is 1. The molecule has 1 amide bonds. The molecule has 1 aromatic heterocycles. The van der Waals surface area contributed by atoms with Crippen molar-refractivity contribution in [1.29, 1.82) is 0 Å². The summed E-state index contributed by atoms with van der Waals surface area (Å²) in [6.45, 7) is 1.19. The average Bonchev–Trinajstić information content (AvgIpc) is 3.11. The molecule has 0 aromatic carbocycles. The summed E-state index contributed by atoms with van der Waals surface area (Å²) in [5.41, 5.74) is 0.628. The summed E-state index contributed by atoms with van der Waals surface area (Å²) in [6, 6.07) is 5.97. The van der Waals surface area contributed by atoms with Gasteiger partial charge in [-0.15, -0.1) is 0 Å². The van der Waals surface area contributed by atoms with Crippen molar-refractivity contribution >= 4 is 17.7 Å². The third-order valence-electron chi connectivity index (χ3n) is 4.93. The minimum absolute atomic E-state index is 0.207. The zero-order valence-electron chi connectivity index (χ0n) is 16.7. The van der Waals surface area contributed by atoms with Crippen LogP contribution in [0.25, 0.3) is 0 Å². The number of pyridine rings is 1. The van der Waals surface area contributed by atoms with Gasteiger partial charge in [0, 0.05) is 41.8 Å². The summed E-state index contributed by atoms with van der Waals surface area (Å²) in [7, 11) is 9.36. The first-order valence-corrected chi connectivity index (χ1v) is 9.17. The van der Waals surface area contributed by atoms with Crippen LogP contribution in [0.2, 0.25) is 0 Å². The van der Waals surface area contributed by atoms with Gasteiger partial charge >= 0.3 is 0 Å². The Morgan fingerprint density at radius 1 is 1.19 bits per heavy atom. The molecule has 0 radical (unpaired) electrons. The molecular formula is C19H32N6O. The number of amides is 1. The summed E-state index contributed by atoms with van der Waals surface area (Å²) in [6.07, 6.45) is 4.07. The van der Waals surface area contributed by atoms with Crippen LogP contribution in [0.15, 0.2) is 23.2 Å². The number of hydrogen-bond donors (Lipinski definition) is 2. The van der Waals surface area contributed by atoms with E-state index >= 15 is 0 Å². The molecule has 144 valence electrons. The number of anilines is 1. The molecule has 0 spiro atoms. The zero-order chi connectivity index (χ0) is 19.2. The maximum absolute atomic E-state index is 12.7. The van der Waals surface area contributed by atoms with Gasteiger partial charge in [0.05, 0.1) is 17.7 Å². The minimum atomic E-state index is -0.315. The normalized spacial score (nSPS) is 16.3. The number of nitrogens with zero attached hydrogens (tertiary/aromatic N) is 4. The summed E-state index contributed by atoms with van der Waals surface area (Å²) in [5.74, 6) is 1.83. The molecule has 1 fully saturated rings. The van der Waals surface area contributed by atoms with Crippen LogP contribution in [-0.4, -0.2) is 63.5 Å². The van der Waals surface area contributed by atoms with E-state index in [0.29, 0.717) is 19.0 Å². The van der Waals surface area contributed by atoms with E-state index < -0.39 is 0 Å². The lowest BCUT2D eigenvalue weighted by Crippen LogP contribution is -2.49. The van der Waals surface area contributed by atoms with Crippen LogP contribution in [0.1, 0.15) is 31.4 Å². The third-order valence-corrected chi connectivity index (χ3v) is 4.93. The second kappa shape index (κ2) is 8.87. The van der Waals surface area contributed by atoms with Gasteiger partial charge in [0.1, 0.15) is 5.82 Å². The highest BCUT2D eigenvalue weighted by atomic mass is 16.2. The van der Waals surface area contributed by atoms with E-state index in [0.717, 1.165) is 37.2 Å². The molecule has 0 bridgehead atoms. The largest absolute Gasteiger partial charge is 0.363 e. The van der Waals surface area contributed by atoms with Gasteiger partial charge in [0.2, 0.25) is 5.91 Å². The maximum Gasteiger partial charge on any atom is 0.230 e. The van der Waals surface area contributed by atoms with Gasteiger partial charge in [-0.1, -0.05) is 18.9 Å². The number of guanidine groups is 1. The Kier molecular flexibility index (Phi) is 6.83. The average molecular weight is 361 g/mol. The van der Waals surface area contributed by atoms with E-state index in [1.54, 1.807) is 11.9 Å². The van der Waals surface area contributed by atoms with E-state index in [2.05, 4.69) is 20.6 Å². The molecule has 0 saturated heterocycles. The lowest BCUT2D eigenvalue weighted by molar-refractivity contribution is -0.138. The second-order valence-electron chi connectivity index (χ2n) is 7.35. The van der Waals surface area contributed by atoms with Crippen molar-refractivity contribution in [2.75, 3.05) is 46.7 Å². The number of carbonyl (C=O) groups excluding carboxylic acids is 1. The van der Waals surface area contributed by atoms with Crippen LogP contribution in [0, 0.1) is 5.41 Å². The first-order chi connectivity index (χ1) is 12.4. The molecule has 2 N–H and O–H groups in total. The monoisotopic (exact) mass is 360 g/mol. The highest BCUT2D eigenvalue weighted by Crippen LogP contribution is 2.38. The topological polar surface area (TPSA) is 72.9 Å². The Labute approximate surface area is 156 Å². The van der Waals surface area contributed by atoms with Gasteiger partial charge < -0.3 is 20.4 Å². The van der Waals surface area contributed by atoms with Crippen LogP contribution < -0.4 is 15.5 Å². The predicted molar refractivity (Wildman–Crippen MR) is 106 cm³/mol. The second-order valence-corrected chi connectivity index (χ2v) is 7.35. The van der Waals surface area contributed by atoms with Crippen molar-refractivity contribution in [2.24, 2.45) is 10.4 Å². The van der Waals surface area contributed by atoms with Crippen LogP contribution in [0.4, 0.5) is 5.82 Å². The molecule has 7 nitrogen and oxygen atoms in total. The first kappa shape index (κ1) is 20.0. The molecule has 1 heterocycles. The number of hydrogen-bond acceptors (Lipinski definition) is 4. The molecule has 0 unspecified atom stereocenters. The van der Waals surface area contributed by atoms with Crippen LogP contribution in [-0.2, 0) is 11.3 Å². The predicted octanol–water partition coefficient (Wildman–Crippen LogP) is 1.46. The highest BCUT2D eigenvalue weighted by molar-refractivity contribution is 5.85. The van der Waals surface area contributed by atoms with E-state index in [-0.39, 0.29) is 11.3 Å². The Bertz CT molecular complexity index is 635. The number of rotatable bonds is 6. The van der Waals surface area contributed by atoms with Gasteiger partial charge in [-0.05, 0) is 25.0 Å². The maximum atomic E-state index is 12.7. The minimum Gasteiger partial charge on any atom is -0.363 e. The Hall–Kier alpha value is -2.31. The fourth-order valence-corrected chi connectivity index (χ4v) is 3.45. The fourth-order valence-electron chi connectivity index (χ4n) is 3.45. The van der Waals surface area contributed by atoms with Crippen molar-refractivity contribution in [2.45, 2.75) is 32.2 Å². The summed E-state index contributed by atoms with van der Waals surface area (Å²) >= 11 is 0. The number of nitrogens with one attached hydrogen (secondary N) is 2. The number of carbonyl (C=O) groups is 1. The molecule has 7 heteroatoms. The smallest absolute Gasteiger partial charge is 0.230 e. The zero-order valence-corrected chi connectivity index (χ0v) is 16.7. The molecule has 1 aromatic rings. The van der Waals surface area contributed by atoms with Crippen LogP contribution in [0.3, 0.4) is 0 Å². The van der Waals surface area contributed by atoms with Gasteiger partial charge in [-0.25, -0.2) is 4.98 Å². The van der Waals surface area contributed by atoms with Gasteiger partial charge in [0.25, 0.3) is 0 Å². The Morgan fingerprint density at radius 3 is 2.46 bits per heavy atom. The first-order valence-electron chi connectivity index (χ1n) is 9.17. The van der Waals surface area contributed by atoms with Gasteiger partial charge in [0.15, 0.2) is 5.96 Å². The van der Waals surface area contributed by atoms with Crippen molar-refractivity contribution in [3.8, 4) is 0 Å². The van der Waals surface area contributed by atoms with Crippen LogP contribution >= 0.6 is 0 Å². The Balaban J connectivity index is 1.95. The van der Waals surface area contributed by atoms with E-state index in [1.165, 1.54) is 0 Å². The van der Waals surface area contributed by atoms with Crippen molar-refractivity contribution in [1.82, 2.24) is 20.5 Å². The van der Waals surface area contributed by atoms with Crippen molar-refractivity contribution < 1.29 is 4.79 Å².